The van der Waals surface area contributed by atoms with Crippen molar-refractivity contribution in [1.82, 2.24) is 0 Å². The third kappa shape index (κ3) is 8.09. The first-order valence-electron chi connectivity index (χ1n) is 9.82. The summed E-state index contributed by atoms with van der Waals surface area (Å²) in [5, 5.41) is 8.72. The fraction of sp³-hybridized carbons (Fsp3) is 0.240. The third-order valence-electron chi connectivity index (χ3n) is 4.44. The van der Waals surface area contributed by atoms with Crippen LogP contribution in [-0.2, 0) is 11.2 Å². The monoisotopic (exact) mass is 391 g/mol. The molecule has 2 aromatic carbocycles. The van der Waals surface area contributed by atoms with E-state index >= 15 is 0 Å². The van der Waals surface area contributed by atoms with Crippen LogP contribution in [-0.4, -0.2) is 24.2 Å². The van der Waals surface area contributed by atoms with Crippen LogP contribution in [0.2, 0.25) is 0 Å². The van der Waals surface area contributed by atoms with Crippen LogP contribution < -0.4 is 9.64 Å². The van der Waals surface area contributed by atoms with E-state index in [0.29, 0.717) is 19.6 Å². The Balaban J connectivity index is 1.93. The Morgan fingerprint density at radius 3 is 2.48 bits per heavy atom. The normalized spacial score (nSPS) is 11.4. The molecular weight excluding hydrogens is 362 g/mol. The van der Waals surface area contributed by atoms with Crippen LogP contribution in [0.1, 0.15) is 25.3 Å². The molecule has 0 saturated heterocycles. The van der Waals surface area contributed by atoms with Crippen molar-refractivity contribution >= 4 is 11.7 Å². The summed E-state index contributed by atoms with van der Waals surface area (Å²) < 4.78 is 5.93. The van der Waals surface area contributed by atoms with Gasteiger partial charge >= 0.3 is 5.97 Å². The van der Waals surface area contributed by atoms with Crippen LogP contribution in [0, 0.1) is 0 Å². The van der Waals surface area contributed by atoms with Gasteiger partial charge in [-0.25, -0.2) is 0 Å². The number of aliphatic carboxylic acids is 1. The summed E-state index contributed by atoms with van der Waals surface area (Å²) in [5.74, 6) is 0.0606. The van der Waals surface area contributed by atoms with Gasteiger partial charge in [-0.2, -0.15) is 0 Å². The summed E-state index contributed by atoms with van der Waals surface area (Å²) in [6.45, 7) is 7.04. The number of carboxylic acids is 1. The van der Waals surface area contributed by atoms with Crippen molar-refractivity contribution < 1.29 is 14.6 Å². The van der Waals surface area contributed by atoms with Gasteiger partial charge in [0.05, 0.1) is 6.54 Å². The quantitative estimate of drug-likeness (QED) is 0.477. The first-order valence-corrected chi connectivity index (χ1v) is 9.82. The van der Waals surface area contributed by atoms with Gasteiger partial charge in [-0.1, -0.05) is 55.1 Å². The molecule has 0 aromatic heterocycles. The molecule has 29 heavy (non-hydrogen) atoms. The minimum absolute atomic E-state index is 0.197. The number of carboxylic acid groups (broad SMARTS) is 1. The summed E-state index contributed by atoms with van der Waals surface area (Å²) in [7, 11) is 0. The Morgan fingerprint density at radius 1 is 1.10 bits per heavy atom. The van der Waals surface area contributed by atoms with Gasteiger partial charge < -0.3 is 14.7 Å². The molecule has 0 aliphatic heterocycles. The van der Waals surface area contributed by atoms with Gasteiger partial charge in [0.15, 0.2) is 0 Å². The maximum absolute atomic E-state index is 10.6. The number of carbonyl (C=O) groups is 1. The highest BCUT2D eigenvalue weighted by Gasteiger charge is 2.08. The molecule has 1 N–H and O–H groups in total. The molecular formula is C25H29NO3. The average molecular weight is 392 g/mol. The molecule has 0 fully saturated rings. The first-order chi connectivity index (χ1) is 14.1. The lowest BCUT2D eigenvalue weighted by Crippen LogP contribution is -2.26. The summed E-state index contributed by atoms with van der Waals surface area (Å²) in [5.41, 5.74) is 3.36. The Morgan fingerprint density at radius 2 is 1.83 bits per heavy atom. The van der Waals surface area contributed by atoms with Gasteiger partial charge in [0.1, 0.15) is 12.4 Å². The van der Waals surface area contributed by atoms with Crippen molar-refractivity contribution in [2.45, 2.75) is 26.2 Å². The van der Waals surface area contributed by atoms with E-state index in [4.69, 9.17) is 9.84 Å². The van der Waals surface area contributed by atoms with Gasteiger partial charge in [0.25, 0.3) is 0 Å². The fourth-order valence-corrected chi connectivity index (χ4v) is 2.93. The number of allylic oxidation sites excluding steroid dienone is 5. The van der Waals surface area contributed by atoms with E-state index in [1.807, 2.05) is 54.6 Å². The molecule has 0 aliphatic rings. The number of benzene rings is 2. The highest BCUT2D eigenvalue weighted by atomic mass is 16.5. The van der Waals surface area contributed by atoms with Crippen LogP contribution >= 0.6 is 0 Å². The summed E-state index contributed by atoms with van der Waals surface area (Å²) in [6.07, 6.45) is 9.29. The lowest BCUT2D eigenvalue weighted by Gasteiger charge is -2.25. The smallest absolute Gasteiger partial charge is 0.303 e. The van der Waals surface area contributed by atoms with Crippen molar-refractivity contribution in [2.75, 3.05) is 18.1 Å². The predicted molar refractivity (Wildman–Crippen MR) is 119 cm³/mol. The molecule has 2 rings (SSSR count). The summed E-state index contributed by atoms with van der Waals surface area (Å²) in [4.78, 5) is 12.8. The average Bonchev–Trinajstić information content (AvgIpc) is 2.73. The van der Waals surface area contributed by atoms with Crippen LogP contribution in [0.25, 0.3) is 0 Å². The number of nitrogens with zero attached hydrogens (tertiary/aromatic N) is 1. The lowest BCUT2D eigenvalue weighted by atomic mass is 10.1. The number of para-hydroxylation sites is 1. The van der Waals surface area contributed by atoms with Gasteiger partial charge in [-0.05, 0) is 55.7 Å². The van der Waals surface area contributed by atoms with Crippen LogP contribution in [0.4, 0.5) is 5.69 Å². The second-order valence-corrected chi connectivity index (χ2v) is 6.66. The van der Waals surface area contributed by atoms with E-state index in [-0.39, 0.29) is 6.42 Å². The molecule has 0 amide bonds. The number of hydrogen-bond acceptors (Lipinski definition) is 3. The molecule has 4 heteroatoms. The van der Waals surface area contributed by atoms with Crippen molar-refractivity contribution in [2.24, 2.45) is 0 Å². The van der Waals surface area contributed by atoms with Crippen LogP contribution in [0.3, 0.4) is 0 Å². The minimum atomic E-state index is -0.753. The summed E-state index contributed by atoms with van der Waals surface area (Å²) in [6, 6.07) is 18.1. The SMILES string of the molecule is C=C/C=C\C=C(/C)N(CCOc1ccc(CCCC(=O)O)cc1)c1ccccc1. The zero-order valence-electron chi connectivity index (χ0n) is 17.0. The zero-order chi connectivity index (χ0) is 20.9. The van der Waals surface area contributed by atoms with Crippen LogP contribution in [0.5, 0.6) is 5.75 Å². The topological polar surface area (TPSA) is 49.8 Å². The molecule has 4 nitrogen and oxygen atoms in total. The summed E-state index contributed by atoms with van der Waals surface area (Å²) >= 11 is 0. The molecule has 0 radical (unpaired) electrons. The maximum Gasteiger partial charge on any atom is 0.303 e. The number of hydrogen-bond donors (Lipinski definition) is 1. The minimum Gasteiger partial charge on any atom is -0.492 e. The van der Waals surface area contributed by atoms with E-state index in [1.165, 1.54) is 0 Å². The standard InChI is InChI=1S/C25H29NO3/c1-3-4-6-10-21(2)26(23-12-7-5-8-13-23)19-20-29-24-17-15-22(16-18-24)11-9-14-25(27)28/h3-8,10,12-13,15-18H,1,9,11,14,19-20H2,2H3,(H,27,28)/b6-4-,21-10+. The molecule has 0 atom stereocenters. The van der Waals surface area contributed by atoms with E-state index in [0.717, 1.165) is 29.1 Å². The Bertz CT molecular complexity index is 823. The number of rotatable bonds is 12. The Kier molecular flexibility index (Phi) is 9.30. The molecule has 0 spiro atoms. The van der Waals surface area contributed by atoms with Crippen molar-refractivity contribution in [3.63, 3.8) is 0 Å². The number of ether oxygens (including phenoxy) is 1. The van der Waals surface area contributed by atoms with Crippen molar-refractivity contribution in [1.29, 1.82) is 0 Å². The highest BCUT2D eigenvalue weighted by Crippen LogP contribution is 2.19. The maximum atomic E-state index is 10.6. The lowest BCUT2D eigenvalue weighted by molar-refractivity contribution is -0.137. The Labute approximate surface area is 173 Å². The molecule has 0 unspecified atom stereocenters. The number of aryl methyl sites for hydroxylation is 1. The Hall–Kier alpha value is -3.27. The molecule has 152 valence electrons. The van der Waals surface area contributed by atoms with Crippen LogP contribution in [0.15, 0.2) is 91.2 Å². The second kappa shape index (κ2) is 12.2. The van der Waals surface area contributed by atoms with E-state index in [2.05, 4.69) is 36.6 Å². The van der Waals surface area contributed by atoms with Gasteiger partial charge in [-0.15, -0.1) is 0 Å². The molecule has 2 aromatic rings. The van der Waals surface area contributed by atoms with Gasteiger partial charge in [-0.3, -0.25) is 4.79 Å². The van der Waals surface area contributed by atoms with Gasteiger partial charge in [0, 0.05) is 17.8 Å². The second-order valence-electron chi connectivity index (χ2n) is 6.66. The largest absolute Gasteiger partial charge is 0.492 e. The van der Waals surface area contributed by atoms with Crippen molar-refractivity contribution in [3.8, 4) is 5.75 Å². The van der Waals surface area contributed by atoms with E-state index in [1.54, 1.807) is 6.08 Å². The number of anilines is 1. The molecule has 0 aliphatic carbocycles. The van der Waals surface area contributed by atoms with Crippen molar-refractivity contribution in [3.05, 3.63) is 96.7 Å². The predicted octanol–water partition coefficient (Wildman–Crippen LogP) is 5.63. The molecule has 0 saturated carbocycles. The third-order valence-corrected chi connectivity index (χ3v) is 4.44. The van der Waals surface area contributed by atoms with E-state index in [9.17, 15) is 4.79 Å². The van der Waals surface area contributed by atoms with Gasteiger partial charge in [0.2, 0.25) is 0 Å². The first kappa shape index (κ1) is 22.0. The molecule has 0 bridgehead atoms. The highest BCUT2D eigenvalue weighted by molar-refractivity contribution is 5.66. The zero-order valence-corrected chi connectivity index (χ0v) is 17.0. The molecule has 0 heterocycles. The fourth-order valence-electron chi connectivity index (χ4n) is 2.93. The van der Waals surface area contributed by atoms with E-state index < -0.39 is 5.97 Å².